The quantitative estimate of drug-likeness (QED) is 0.0187. The van der Waals surface area contributed by atoms with Gasteiger partial charge in [0, 0.05) is 86.7 Å². The van der Waals surface area contributed by atoms with Gasteiger partial charge in [-0.2, -0.15) is 8.42 Å². The lowest BCUT2D eigenvalue weighted by molar-refractivity contribution is -0.318. The first-order valence-electron chi connectivity index (χ1n) is 35.9. The molecule has 0 radical (unpaired) electrons. The van der Waals surface area contributed by atoms with Crippen LogP contribution in [0.1, 0.15) is 213 Å². The molecule has 3 aliphatic rings. The summed E-state index contributed by atoms with van der Waals surface area (Å²) in [7, 11) is 3.24. The van der Waals surface area contributed by atoms with E-state index in [1.807, 2.05) is 53.6 Å². The molecule has 3 aliphatic heterocycles. The van der Waals surface area contributed by atoms with E-state index in [-0.39, 0.29) is 75.2 Å². The number of carbonyl (C=O) groups is 1. The monoisotopic (exact) mass is 1520 g/mol. The van der Waals surface area contributed by atoms with Crippen LogP contribution in [-0.2, 0) is 56.6 Å². The number of aliphatic hydroxyl groups is 6. The van der Waals surface area contributed by atoms with Gasteiger partial charge in [0.1, 0.15) is 30.0 Å². The highest BCUT2D eigenvalue weighted by atomic mass is 35.7. The van der Waals surface area contributed by atoms with Crippen molar-refractivity contribution < 1.29 is 84.9 Å². The molecule has 3 heterocycles. The van der Waals surface area contributed by atoms with Crippen LogP contribution in [0.15, 0.2) is 58.3 Å². The van der Waals surface area contributed by atoms with Crippen LogP contribution in [0.3, 0.4) is 0 Å². The number of methoxy groups -OCH3 is 1. The third kappa shape index (κ3) is 34.1. The number of likely N-dealkylation sites (N-methyl/N-ethyl adjacent to an activating group) is 2. The maximum atomic E-state index is 14.3. The lowest BCUT2D eigenvalue weighted by atomic mass is 9.77. The molecule has 3 saturated heterocycles. The topological polar surface area (TPSA) is 281 Å². The van der Waals surface area contributed by atoms with E-state index in [1.165, 1.54) is 26.2 Å². The number of nitrogens with zero attached hydrogens (tertiary/aromatic N) is 3. The first-order chi connectivity index (χ1) is 47.0. The summed E-state index contributed by atoms with van der Waals surface area (Å²) in [6, 6.07) is 13.5. The third-order valence-electron chi connectivity index (χ3n) is 19.2. The number of hydrogen-bond donors (Lipinski definition) is 6. The number of aliphatic hydroxyl groups excluding tert-OH is 4. The molecule has 596 valence electrons. The average molecular weight is 1520 g/mol. The summed E-state index contributed by atoms with van der Waals surface area (Å²) in [5.41, 5.74) is -2.40. The van der Waals surface area contributed by atoms with Crippen molar-refractivity contribution >= 4 is 35.8 Å². The molecule has 3 fully saturated rings. The Morgan fingerprint density at radius 1 is 0.748 bits per heavy atom. The number of carbonyl (C=O) groups excluding carboxylic acids is 1. The van der Waals surface area contributed by atoms with Crippen LogP contribution in [0.5, 0.6) is 0 Å². The molecule has 0 saturated carbocycles. The van der Waals surface area contributed by atoms with Gasteiger partial charge < -0.3 is 68.9 Å². The van der Waals surface area contributed by atoms with Crippen molar-refractivity contribution in [2.45, 2.75) is 328 Å². The molecule has 6 N–H and O–H groups in total. The van der Waals surface area contributed by atoms with Crippen molar-refractivity contribution in [1.29, 1.82) is 0 Å². The summed E-state index contributed by atoms with van der Waals surface area (Å²) in [6.45, 7) is 35.3. The molecule has 0 amide bonds. The van der Waals surface area contributed by atoms with Crippen LogP contribution in [0.2, 0.25) is 0 Å². The second kappa shape index (κ2) is 49.3. The van der Waals surface area contributed by atoms with Crippen LogP contribution < -0.4 is 0 Å². The maximum Gasteiger partial charge on any atom is 0.311 e. The molecule has 0 aromatic heterocycles. The molecule has 103 heavy (non-hydrogen) atoms. The molecule has 0 spiro atoms. The fraction of sp³-hybridized carbons (Fsp3) is 0.759. The lowest BCUT2D eigenvalue weighted by Crippen LogP contribution is -2.60. The number of benzene rings is 2. The largest absolute Gasteiger partial charge is 0.459 e. The number of terminal acetylenes is 3. The van der Waals surface area contributed by atoms with Crippen LogP contribution in [0.25, 0.3) is 0 Å². The molecule has 24 heteroatoms. The zero-order valence-corrected chi connectivity index (χ0v) is 66.9. The van der Waals surface area contributed by atoms with E-state index < -0.39 is 115 Å². The Balaban J connectivity index is 0. The number of rotatable bonds is 24. The fourth-order valence-corrected chi connectivity index (χ4v) is 14.8. The molecule has 0 unspecified atom stereocenters. The second-order valence-corrected chi connectivity index (χ2v) is 32.9. The van der Waals surface area contributed by atoms with Gasteiger partial charge in [0.05, 0.1) is 57.9 Å². The van der Waals surface area contributed by atoms with E-state index in [0.29, 0.717) is 50.9 Å². The minimum atomic E-state index is -3.62. The SMILES string of the molecule is C.C.C#CCCCCN(C)[C@H]1C[C@@H](C)O[C@@H](O[C@@H]2[C@@H](C)[C@H](O[C@@H]3C[C@@](C)(OC)[C@@H](O)[C@H](C)O3)[C@@H](C)C(=O)O[C@H](CC)[C@@](C)(O)[C@H](O)[C@@H](C)N(C)C[C@H](C)C[C@@]2(C)O)[C@@H]1O.C#CCCCCO.C#CCCCCOS(=O)(=O)c1ccc(C)cc1.CCN(C(C)C)C(C)C.Cc1ccc(S(=O)(=O)Cl)cc1. The highest BCUT2D eigenvalue weighted by Gasteiger charge is 2.53. The Hall–Kier alpha value is -3.82. The zero-order chi connectivity index (χ0) is 77.4. The Kier molecular flexibility index (Phi) is 48.4. The molecule has 0 aliphatic carbocycles. The van der Waals surface area contributed by atoms with Crippen molar-refractivity contribution in [2.75, 3.05) is 54.1 Å². The average Bonchev–Trinajstić information content (AvgIpc) is 1.58. The van der Waals surface area contributed by atoms with Crippen LogP contribution in [0, 0.1) is 68.6 Å². The summed E-state index contributed by atoms with van der Waals surface area (Å²) in [6.07, 6.45) is 14.1. The predicted molar refractivity (Wildman–Crippen MR) is 413 cm³/mol. The van der Waals surface area contributed by atoms with E-state index in [0.717, 1.165) is 56.2 Å². The van der Waals surface area contributed by atoms with Crippen molar-refractivity contribution in [3.8, 4) is 37.0 Å². The van der Waals surface area contributed by atoms with Gasteiger partial charge in [-0.15, -0.1) is 37.0 Å². The lowest BCUT2D eigenvalue weighted by Gasteiger charge is -2.49. The summed E-state index contributed by atoms with van der Waals surface area (Å²) >= 11 is 0. The fourth-order valence-electron chi connectivity index (χ4n) is 13.1. The summed E-state index contributed by atoms with van der Waals surface area (Å²) < 4.78 is 87.7. The number of cyclic esters (lactones) is 1. The molecular formula is C79H138ClN3O18S2. The van der Waals surface area contributed by atoms with E-state index >= 15 is 0 Å². The van der Waals surface area contributed by atoms with E-state index in [1.54, 1.807) is 77.9 Å². The van der Waals surface area contributed by atoms with E-state index in [2.05, 4.69) is 62.2 Å². The predicted octanol–water partition coefficient (Wildman–Crippen LogP) is 11.7. The summed E-state index contributed by atoms with van der Waals surface area (Å²) in [4.78, 5) is 21.1. The normalized spacial score (nSPS) is 30.2. The zero-order valence-electron chi connectivity index (χ0n) is 64.5. The van der Waals surface area contributed by atoms with Gasteiger partial charge in [0.2, 0.25) is 0 Å². The Labute approximate surface area is 628 Å². The minimum absolute atomic E-state index is 0. The van der Waals surface area contributed by atoms with Gasteiger partial charge in [-0.3, -0.25) is 13.9 Å². The van der Waals surface area contributed by atoms with Gasteiger partial charge >= 0.3 is 5.97 Å². The first-order valence-corrected chi connectivity index (χ1v) is 39.6. The minimum Gasteiger partial charge on any atom is -0.459 e. The maximum absolute atomic E-state index is 14.3. The molecule has 21 nitrogen and oxygen atoms in total. The van der Waals surface area contributed by atoms with Gasteiger partial charge in [-0.05, 0) is 205 Å². The molecule has 2 aromatic rings. The number of aryl methyl sites for hydroxylation is 2. The second-order valence-electron chi connectivity index (χ2n) is 28.7. The number of ether oxygens (including phenoxy) is 6. The number of esters is 1. The van der Waals surface area contributed by atoms with Crippen molar-refractivity contribution in [1.82, 2.24) is 14.7 Å². The van der Waals surface area contributed by atoms with Crippen LogP contribution in [0.4, 0.5) is 0 Å². The molecule has 18 atom stereocenters. The molecular weight excluding hydrogens is 1380 g/mol. The van der Waals surface area contributed by atoms with Gasteiger partial charge in [0.15, 0.2) is 12.6 Å². The van der Waals surface area contributed by atoms with Gasteiger partial charge in [-0.25, -0.2) is 8.42 Å². The Morgan fingerprint density at radius 3 is 1.71 bits per heavy atom. The number of halogens is 1. The van der Waals surface area contributed by atoms with Crippen LogP contribution >= 0.6 is 10.7 Å². The van der Waals surface area contributed by atoms with Crippen LogP contribution in [-0.4, -0.2) is 225 Å². The summed E-state index contributed by atoms with van der Waals surface area (Å²) in [5.74, 6) is 5.03. The van der Waals surface area contributed by atoms with Crippen molar-refractivity contribution in [3.05, 3.63) is 59.7 Å². The molecule has 0 bridgehead atoms. The van der Waals surface area contributed by atoms with Crippen molar-refractivity contribution in [3.63, 3.8) is 0 Å². The highest BCUT2D eigenvalue weighted by molar-refractivity contribution is 8.13. The number of hydrogen-bond acceptors (Lipinski definition) is 21. The standard InChI is InChI=1S/C43H78N2O12.C13H16O3S.C8H19N.C7H7ClO2S.C6H10O.2CH4/c1-15-17-18-19-20-44(12)31-21-26(4)53-40(34(31)46)57-38-27(5)35(56-33-23-42(10,52-14)37(48)30(8)54-33)28(6)39(49)55-32(16-2)43(11,51)36(47)29(7)45(13)24-25(3)22-41(38,9)50;1-3-4-5-6-11-16-17(14,15)13-9-7-12(2)8-10-13;1-6-9(7(2)3)8(4)5;1-6-2-4-7(5-3-6)11(8,9)10;1-2-3-4-5-6-7;;/h1,25-38,40,46-48,50-51H,16-24H2,2-14H3;1,7-10H,4-6,11H2,2H3;7-8H,6H2,1-5H3;2-5H,1H3;1,7H,3-6H2;2*1H4/t25-,26-,27+,28-,29-,30+,31+,32-,33-,34-,35+,36-,37+,38-,40+,41-,42-,43-;;;;;;/m1....../s1. The summed E-state index contributed by atoms with van der Waals surface area (Å²) in [5, 5.41) is 67.1. The molecule has 2 aromatic carbocycles. The third-order valence-corrected chi connectivity index (χ3v) is 21.9. The van der Waals surface area contributed by atoms with Gasteiger partial charge in [0.25, 0.3) is 19.2 Å². The first kappa shape index (κ1) is 101. The van der Waals surface area contributed by atoms with E-state index in [4.69, 9.17) is 67.7 Å². The van der Waals surface area contributed by atoms with E-state index in [9.17, 15) is 47.2 Å². The Bertz CT molecular complexity index is 3000. The van der Waals surface area contributed by atoms with Crippen molar-refractivity contribution in [2.24, 2.45) is 17.8 Å². The number of unbranched alkanes of at least 4 members (excludes halogenated alkanes) is 6. The highest BCUT2D eigenvalue weighted by Crippen LogP contribution is 2.41. The molecule has 5 rings (SSSR count). The smallest absolute Gasteiger partial charge is 0.311 e. The van der Waals surface area contributed by atoms with Gasteiger partial charge in [-0.1, -0.05) is 77.9 Å². The Morgan fingerprint density at radius 2 is 1.25 bits per heavy atom.